The van der Waals surface area contributed by atoms with E-state index < -0.39 is 30.2 Å². The second-order valence-electron chi connectivity index (χ2n) is 5.87. The average Bonchev–Trinajstić information content (AvgIpc) is 2.82. The zero-order valence-corrected chi connectivity index (χ0v) is 13.6. The lowest BCUT2D eigenvalue weighted by molar-refractivity contribution is -0.0686. The number of aliphatic hydroxyl groups excluding tert-OH is 2. The minimum absolute atomic E-state index is 0.0822. The molecule has 0 amide bonds. The molecule has 9 heteroatoms. The van der Waals surface area contributed by atoms with Crippen LogP contribution < -0.4 is 17.2 Å². The van der Waals surface area contributed by atoms with Gasteiger partial charge in [-0.1, -0.05) is 12.8 Å². The number of nitrogens with two attached hydrogens (primary N) is 2. The molecule has 1 aliphatic rings. The molecule has 9 nitrogen and oxygen atoms in total. The van der Waals surface area contributed by atoms with Crippen molar-refractivity contribution in [1.82, 2.24) is 9.55 Å². The Kier molecular flexibility index (Phi) is 7.13. The number of hydrogen-bond donors (Lipinski definition) is 4. The number of anilines is 1. The summed E-state index contributed by atoms with van der Waals surface area (Å²) in [7, 11) is 0. The molecule has 1 aromatic rings. The number of unbranched alkanes of at least 4 members (excludes halogenated alkanes) is 3. The molecule has 0 aliphatic carbocycles. The van der Waals surface area contributed by atoms with Crippen LogP contribution in [0.5, 0.6) is 0 Å². The van der Waals surface area contributed by atoms with E-state index in [9.17, 15) is 15.0 Å². The van der Waals surface area contributed by atoms with Crippen molar-refractivity contribution in [3.8, 4) is 0 Å². The molecule has 0 bridgehead atoms. The number of rotatable bonds is 9. The maximum Gasteiger partial charge on any atom is 0.351 e. The summed E-state index contributed by atoms with van der Waals surface area (Å²) in [5, 5.41) is 20.2. The molecule has 2 heterocycles. The number of nitrogen functional groups attached to an aromatic ring is 1. The number of ether oxygens (including phenoxy) is 2. The molecule has 24 heavy (non-hydrogen) atoms. The van der Waals surface area contributed by atoms with Crippen molar-refractivity contribution in [3.63, 3.8) is 0 Å². The van der Waals surface area contributed by atoms with Gasteiger partial charge in [0.15, 0.2) is 6.23 Å². The van der Waals surface area contributed by atoms with Gasteiger partial charge in [-0.3, -0.25) is 4.57 Å². The van der Waals surface area contributed by atoms with Gasteiger partial charge in [0.25, 0.3) is 0 Å². The van der Waals surface area contributed by atoms with Crippen molar-refractivity contribution in [3.05, 3.63) is 22.7 Å². The van der Waals surface area contributed by atoms with Crippen molar-refractivity contribution in [2.75, 3.05) is 25.5 Å². The number of aromatic nitrogens is 2. The summed E-state index contributed by atoms with van der Waals surface area (Å²) in [5.74, 6) is 0.0822. The molecule has 136 valence electrons. The van der Waals surface area contributed by atoms with Gasteiger partial charge in [-0.2, -0.15) is 4.98 Å². The molecule has 0 aromatic carbocycles. The largest absolute Gasteiger partial charge is 0.387 e. The van der Waals surface area contributed by atoms with Crippen LogP contribution in [0.4, 0.5) is 5.82 Å². The summed E-state index contributed by atoms with van der Waals surface area (Å²) in [4.78, 5) is 15.4. The average molecular weight is 342 g/mol. The summed E-state index contributed by atoms with van der Waals surface area (Å²) < 4.78 is 12.2. The van der Waals surface area contributed by atoms with Gasteiger partial charge in [0.2, 0.25) is 0 Å². The fourth-order valence-corrected chi connectivity index (χ4v) is 2.62. The Bertz CT molecular complexity index is 567. The third kappa shape index (κ3) is 4.74. The Morgan fingerprint density at radius 1 is 1.25 bits per heavy atom. The second kappa shape index (κ2) is 9.09. The molecule has 2 rings (SSSR count). The molecule has 4 atom stereocenters. The lowest BCUT2D eigenvalue weighted by Crippen LogP contribution is -2.36. The normalized spacial score (nSPS) is 26.8. The van der Waals surface area contributed by atoms with Gasteiger partial charge in [-0.25, -0.2) is 4.79 Å². The van der Waals surface area contributed by atoms with E-state index in [1.54, 1.807) is 0 Å². The number of aliphatic hydroxyl groups is 2. The first kappa shape index (κ1) is 18.8. The van der Waals surface area contributed by atoms with Crippen LogP contribution in [-0.4, -0.2) is 57.8 Å². The Morgan fingerprint density at radius 2 is 2.00 bits per heavy atom. The van der Waals surface area contributed by atoms with Gasteiger partial charge in [0.1, 0.15) is 24.1 Å². The topological polar surface area (TPSA) is 146 Å². The lowest BCUT2D eigenvalue weighted by atomic mass is 10.1. The summed E-state index contributed by atoms with van der Waals surface area (Å²) in [6, 6.07) is 1.43. The van der Waals surface area contributed by atoms with Gasteiger partial charge < -0.3 is 31.2 Å². The minimum atomic E-state index is -1.24. The van der Waals surface area contributed by atoms with Gasteiger partial charge in [0.05, 0.1) is 6.61 Å². The van der Waals surface area contributed by atoms with Crippen LogP contribution in [0, 0.1) is 0 Å². The van der Waals surface area contributed by atoms with E-state index in [2.05, 4.69) is 4.98 Å². The van der Waals surface area contributed by atoms with E-state index in [4.69, 9.17) is 20.9 Å². The van der Waals surface area contributed by atoms with E-state index in [1.165, 1.54) is 12.3 Å². The fraction of sp³-hybridized carbons (Fsp3) is 0.733. The summed E-state index contributed by atoms with van der Waals surface area (Å²) in [6.07, 6.45) is 1.27. The molecule has 0 unspecified atom stereocenters. The Balaban J connectivity index is 1.83. The zero-order chi connectivity index (χ0) is 17.5. The van der Waals surface area contributed by atoms with E-state index in [-0.39, 0.29) is 12.4 Å². The predicted octanol–water partition coefficient (Wildman–Crippen LogP) is -1.02. The van der Waals surface area contributed by atoms with Gasteiger partial charge >= 0.3 is 5.69 Å². The summed E-state index contributed by atoms with van der Waals surface area (Å²) in [5.41, 5.74) is 10.2. The molecule has 0 spiro atoms. The van der Waals surface area contributed by atoms with Crippen LogP contribution in [0.2, 0.25) is 0 Å². The maximum absolute atomic E-state index is 11.8. The SMILES string of the molecule is NCCCCCCOC[C@H]1O[C@@H](n2ccc(N)nc2=O)[C@H](O)[C@@H]1O. The molecule has 1 saturated heterocycles. The van der Waals surface area contributed by atoms with Crippen molar-refractivity contribution in [2.45, 2.75) is 50.2 Å². The maximum atomic E-state index is 11.8. The van der Waals surface area contributed by atoms with Gasteiger partial charge in [-0.05, 0) is 25.5 Å². The molecule has 0 radical (unpaired) electrons. The minimum Gasteiger partial charge on any atom is -0.387 e. The van der Waals surface area contributed by atoms with E-state index >= 15 is 0 Å². The highest BCUT2D eigenvalue weighted by Crippen LogP contribution is 2.28. The van der Waals surface area contributed by atoms with Crippen molar-refractivity contribution in [1.29, 1.82) is 0 Å². The van der Waals surface area contributed by atoms with Crippen molar-refractivity contribution >= 4 is 5.82 Å². The molecule has 1 aromatic heterocycles. The highest BCUT2D eigenvalue weighted by molar-refractivity contribution is 5.23. The Labute approximate surface area is 140 Å². The fourth-order valence-electron chi connectivity index (χ4n) is 2.62. The smallest absolute Gasteiger partial charge is 0.351 e. The Hall–Kier alpha value is -1.52. The first-order valence-electron chi connectivity index (χ1n) is 8.18. The third-order valence-corrected chi connectivity index (χ3v) is 3.99. The predicted molar refractivity (Wildman–Crippen MR) is 87.2 cm³/mol. The van der Waals surface area contributed by atoms with E-state index in [1.807, 2.05) is 0 Å². The quantitative estimate of drug-likeness (QED) is 0.417. The molecule has 1 fully saturated rings. The molecule has 6 N–H and O–H groups in total. The Morgan fingerprint density at radius 3 is 2.71 bits per heavy atom. The van der Waals surface area contributed by atoms with Crippen LogP contribution in [0.1, 0.15) is 31.9 Å². The van der Waals surface area contributed by atoms with Crippen LogP contribution in [0.3, 0.4) is 0 Å². The monoisotopic (exact) mass is 342 g/mol. The third-order valence-electron chi connectivity index (χ3n) is 3.99. The van der Waals surface area contributed by atoms with Crippen LogP contribution in [0.15, 0.2) is 17.1 Å². The standard InChI is InChI=1S/C15H26N4O5/c16-6-3-1-2-4-8-23-9-10-12(20)13(21)14(24-10)19-7-5-11(17)18-15(19)22/h5,7,10,12-14,20-21H,1-4,6,8-9,16H2,(H2,17,18,22)/t10-,12-,13-,14-/m1/s1. The van der Waals surface area contributed by atoms with Crippen molar-refractivity contribution in [2.24, 2.45) is 5.73 Å². The van der Waals surface area contributed by atoms with Crippen LogP contribution in [-0.2, 0) is 9.47 Å². The highest BCUT2D eigenvalue weighted by atomic mass is 16.6. The molecule has 0 saturated carbocycles. The first-order chi connectivity index (χ1) is 11.5. The van der Waals surface area contributed by atoms with Crippen LogP contribution >= 0.6 is 0 Å². The summed E-state index contributed by atoms with van der Waals surface area (Å²) in [6.45, 7) is 1.38. The van der Waals surface area contributed by atoms with Gasteiger partial charge in [0, 0.05) is 12.8 Å². The van der Waals surface area contributed by atoms with Gasteiger partial charge in [-0.15, -0.1) is 0 Å². The second-order valence-corrected chi connectivity index (χ2v) is 5.87. The lowest BCUT2D eigenvalue weighted by Gasteiger charge is -2.16. The zero-order valence-electron chi connectivity index (χ0n) is 13.6. The van der Waals surface area contributed by atoms with Crippen LogP contribution in [0.25, 0.3) is 0 Å². The van der Waals surface area contributed by atoms with E-state index in [0.717, 1.165) is 30.3 Å². The number of nitrogens with zero attached hydrogens (tertiary/aromatic N) is 2. The molecular weight excluding hydrogens is 316 g/mol. The molecule has 1 aliphatic heterocycles. The highest BCUT2D eigenvalue weighted by Gasteiger charge is 2.44. The van der Waals surface area contributed by atoms with Crippen molar-refractivity contribution < 1.29 is 19.7 Å². The summed E-state index contributed by atoms with van der Waals surface area (Å²) >= 11 is 0. The first-order valence-corrected chi connectivity index (χ1v) is 8.18. The van der Waals surface area contributed by atoms with E-state index in [0.29, 0.717) is 13.2 Å². The molecular formula is C15H26N4O5. The number of hydrogen-bond acceptors (Lipinski definition) is 8.